The third-order valence-corrected chi connectivity index (χ3v) is 13.3. The van der Waals surface area contributed by atoms with Gasteiger partial charge < -0.3 is 15.3 Å². The lowest BCUT2D eigenvalue weighted by molar-refractivity contribution is -0.242. The monoisotopic (exact) mass is 472 g/mol. The minimum Gasteiger partial charge on any atom is -0.481 e. The SMILES string of the molecule is C[C@H]1[C@H](C)CC[C@]2(C(=O)O)CC[C@]3(C)C(=CC[C@@H]4[C@@]5(C)CC[C@H](O)C(C)(C)[C@@H]5[C@H](O)C[C@]43C)[C@H]12. The Labute approximate surface area is 206 Å². The Morgan fingerprint density at radius 2 is 1.65 bits per heavy atom. The zero-order valence-corrected chi connectivity index (χ0v) is 22.5. The van der Waals surface area contributed by atoms with Gasteiger partial charge in [0.05, 0.1) is 17.6 Å². The molecule has 0 saturated heterocycles. The van der Waals surface area contributed by atoms with Crippen LogP contribution in [0.25, 0.3) is 0 Å². The van der Waals surface area contributed by atoms with E-state index in [4.69, 9.17) is 0 Å². The van der Waals surface area contributed by atoms with Crippen LogP contribution in [-0.2, 0) is 4.79 Å². The van der Waals surface area contributed by atoms with E-state index in [0.717, 1.165) is 51.4 Å². The molecular formula is C30H48O4. The second kappa shape index (κ2) is 7.34. The first-order valence-corrected chi connectivity index (χ1v) is 14.0. The number of hydrogen-bond donors (Lipinski definition) is 3. The Morgan fingerprint density at radius 3 is 2.29 bits per heavy atom. The summed E-state index contributed by atoms with van der Waals surface area (Å²) in [4.78, 5) is 12.8. The van der Waals surface area contributed by atoms with Crippen LogP contribution in [0, 0.1) is 56.7 Å². The fraction of sp³-hybridized carbons (Fsp3) is 0.900. The molecule has 0 aromatic heterocycles. The number of aliphatic carboxylic acids is 1. The molecule has 11 atom stereocenters. The van der Waals surface area contributed by atoms with Gasteiger partial charge in [-0.3, -0.25) is 4.79 Å². The maximum Gasteiger partial charge on any atom is 0.310 e. The number of carboxylic acid groups (broad SMARTS) is 1. The van der Waals surface area contributed by atoms with Crippen LogP contribution < -0.4 is 0 Å². The minimum absolute atomic E-state index is 0.0347. The lowest BCUT2D eigenvalue weighted by atomic mass is 9.33. The Kier molecular flexibility index (Phi) is 5.36. The topological polar surface area (TPSA) is 77.8 Å². The summed E-state index contributed by atoms with van der Waals surface area (Å²) < 4.78 is 0. The second-order valence-electron chi connectivity index (χ2n) is 14.6. The number of fused-ring (bicyclic) bond motifs is 7. The van der Waals surface area contributed by atoms with Crippen LogP contribution in [0.2, 0.25) is 0 Å². The highest BCUT2D eigenvalue weighted by Crippen LogP contribution is 2.75. The normalized spacial score (nSPS) is 56.3. The highest BCUT2D eigenvalue weighted by molar-refractivity contribution is 5.76. The number of aliphatic hydroxyl groups is 2. The van der Waals surface area contributed by atoms with Gasteiger partial charge in [-0.15, -0.1) is 0 Å². The number of allylic oxidation sites excluding steroid dienone is 2. The quantitative estimate of drug-likeness (QED) is 0.405. The molecule has 0 amide bonds. The summed E-state index contributed by atoms with van der Waals surface area (Å²) in [6, 6.07) is 0. The van der Waals surface area contributed by atoms with Crippen LogP contribution in [0.15, 0.2) is 11.6 Å². The molecule has 4 fully saturated rings. The standard InChI is InChI=1S/C30H48O4/c1-17-10-13-30(25(33)34)15-14-28(6)19(23(30)18(17)2)8-9-21-27(5)12-11-22(32)26(3,4)24(27)20(31)16-29(21,28)7/h8,17-18,20-24,31-32H,9-16H2,1-7H3,(H,33,34)/t17-,18+,20-,21-,22+,23+,24+,27-,28-,29-,30+/m1/s1. The van der Waals surface area contributed by atoms with Gasteiger partial charge in [0.25, 0.3) is 0 Å². The second-order valence-corrected chi connectivity index (χ2v) is 14.6. The summed E-state index contributed by atoms with van der Waals surface area (Å²) in [5.41, 5.74) is 0.259. The molecule has 4 nitrogen and oxygen atoms in total. The van der Waals surface area contributed by atoms with Gasteiger partial charge in [-0.2, -0.15) is 0 Å². The molecule has 4 heteroatoms. The van der Waals surface area contributed by atoms with E-state index in [1.807, 2.05) is 0 Å². The molecule has 0 bridgehead atoms. The zero-order valence-electron chi connectivity index (χ0n) is 22.5. The molecule has 5 rings (SSSR count). The van der Waals surface area contributed by atoms with Crippen molar-refractivity contribution in [2.45, 2.75) is 112 Å². The molecule has 34 heavy (non-hydrogen) atoms. The number of rotatable bonds is 1. The maximum absolute atomic E-state index is 12.8. The van der Waals surface area contributed by atoms with Gasteiger partial charge in [0.1, 0.15) is 0 Å². The van der Waals surface area contributed by atoms with E-state index in [9.17, 15) is 20.1 Å². The molecule has 0 radical (unpaired) electrons. The van der Waals surface area contributed by atoms with Crippen molar-refractivity contribution in [1.29, 1.82) is 0 Å². The van der Waals surface area contributed by atoms with Crippen LogP contribution in [-0.4, -0.2) is 33.5 Å². The molecule has 5 aliphatic carbocycles. The van der Waals surface area contributed by atoms with E-state index < -0.39 is 17.5 Å². The van der Waals surface area contributed by atoms with Crippen LogP contribution in [0.3, 0.4) is 0 Å². The third-order valence-electron chi connectivity index (χ3n) is 13.3. The molecule has 0 unspecified atom stereocenters. The fourth-order valence-corrected chi connectivity index (χ4v) is 11.0. The average molecular weight is 473 g/mol. The summed E-state index contributed by atoms with van der Waals surface area (Å²) in [5.74, 6) is 0.906. The summed E-state index contributed by atoms with van der Waals surface area (Å²) in [6.45, 7) is 16.2. The van der Waals surface area contributed by atoms with E-state index in [-0.39, 0.29) is 39.6 Å². The zero-order chi connectivity index (χ0) is 25.1. The van der Waals surface area contributed by atoms with Gasteiger partial charge in [-0.1, -0.05) is 60.1 Å². The molecule has 3 N–H and O–H groups in total. The highest BCUT2D eigenvalue weighted by atomic mass is 16.4. The molecule has 0 aromatic carbocycles. The van der Waals surface area contributed by atoms with Crippen molar-refractivity contribution in [3.63, 3.8) is 0 Å². The van der Waals surface area contributed by atoms with Crippen molar-refractivity contribution >= 4 is 5.97 Å². The third kappa shape index (κ3) is 2.76. The highest BCUT2D eigenvalue weighted by Gasteiger charge is 2.71. The van der Waals surface area contributed by atoms with Crippen LogP contribution in [0.4, 0.5) is 0 Å². The molecule has 0 aromatic rings. The molecule has 5 aliphatic rings. The number of aliphatic hydroxyl groups excluding tert-OH is 2. The van der Waals surface area contributed by atoms with Crippen molar-refractivity contribution in [2.24, 2.45) is 56.7 Å². The number of carboxylic acids is 1. The number of carbonyl (C=O) groups is 1. The Hall–Kier alpha value is -0.870. The first-order chi connectivity index (χ1) is 15.7. The van der Waals surface area contributed by atoms with Gasteiger partial charge in [0.2, 0.25) is 0 Å². The smallest absolute Gasteiger partial charge is 0.310 e. The Bertz CT molecular complexity index is 907. The van der Waals surface area contributed by atoms with Crippen molar-refractivity contribution in [2.75, 3.05) is 0 Å². The van der Waals surface area contributed by atoms with Crippen molar-refractivity contribution in [3.05, 3.63) is 11.6 Å². The van der Waals surface area contributed by atoms with Gasteiger partial charge in [0.15, 0.2) is 0 Å². The molecular weight excluding hydrogens is 424 g/mol. The van der Waals surface area contributed by atoms with Crippen molar-refractivity contribution in [3.8, 4) is 0 Å². The predicted molar refractivity (Wildman–Crippen MR) is 134 cm³/mol. The summed E-state index contributed by atoms with van der Waals surface area (Å²) >= 11 is 0. The molecule has 0 heterocycles. The molecule has 0 aliphatic heterocycles. The number of hydrogen-bond acceptors (Lipinski definition) is 3. The van der Waals surface area contributed by atoms with Gasteiger partial charge >= 0.3 is 5.97 Å². The van der Waals surface area contributed by atoms with Gasteiger partial charge in [0, 0.05) is 0 Å². The maximum atomic E-state index is 12.8. The van der Waals surface area contributed by atoms with Gasteiger partial charge in [-0.05, 0) is 103 Å². The van der Waals surface area contributed by atoms with Crippen molar-refractivity contribution in [1.82, 2.24) is 0 Å². The van der Waals surface area contributed by atoms with E-state index >= 15 is 0 Å². The largest absolute Gasteiger partial charge is 0.481 e. The van der Waals surface area contributed by atoms with Crippen LogP contribution in [0.5, 0.6) is 0 Å². The lowest BCUT2D eigenvalue weighted by Gasteiger charge is -2.72. The van der Waals surface area contributed by atoms with Crippen molar-refractivity contribution < 1.29 is 20.1 Å². The summed E-state index contributed by atoms with van der Waals surface area (Å²) in [7, 11) is 0. The van der Waals surface area contributed by atoms with E-state index in [2.05, 4.69) is 54.5 Å². The van der Waals surface area contributed by atoms with Gasteiger partial charge in [-0.25, -0.2) is 0 Å². The van der Waals surface area contributed by atoms with Crippen LogP contribution in [0.1, 0.15) is 99.8 Å². The molecule has 4 saturated carbocycles. The fourth-order valence-electron chi connectivity index (χ4n) is 11.0. The lowest BCUT2D eigenvalue weighted by Crippen LogP contribution is -2.68. The Balaban J connectivity index is 1.64. The predicted octanol–water partition coefficient (Wildman–Crippen LogP) is 6.06. The minimum atomic E-state index is -0.628. The van der Waals surface area contributed by atoms with E-state index in [1.54, 1.807) is 0 Å². The first-order valence-electron chi connectivity index (χ1n) is 14.0. The molecule has 0 spiro atoms. The summed E-state index contributed by atoms with van der Waals surface area (Å²) in [5, 5.41) is 33.2. The van der Waals surface area contributed by atoms with Crippen LogP contribution >= 0.6 is 0 Å². The average Bonchev–Trinajstić information content (AvgIpc) is 2.73. The summed E-state index contributed by atoms with van der Waals surface area (Å²) in [6.07, 6.45) is 8.59. The Morgan fingerprint density at radius 1 is 0.971 bits per heavy atom. The first kappa shape index (κ1) is 24.8. The molecule has 192 valence electrons. The van der Waals surface area contributed by atoms with E-state index in [0.29, 0.717) is 17.8 Å². The van der Waals surface area contributed by atoms with E-state index in [1.165, 1.54) is 5.57 Å².